The Morgan fingerprint density at radius 2 is 1.00 bits per heavy atom. The van der Waals surface area contributed by atoms with Crippen molar-refractivity contribution in [2.24, 2.45) is 0 Å². The standard InChI is InChI=1S/2C5H12N.Be/c2*1-2-3-4-5-6;/h2*6H,2-5H2,1H3;/q2*-1;+2. The zero-order chi connectivity index (χ0) is 9.66. The van der Waals surface area contributed by atoms with Gasteiger partial charge < -0.3 is 11.5 Å². The summed E-state index contributed by atoms with van der Waals surface area (Å²) < 4.78 is 0. The molecule has 0 saturated carbocycles. The minimum absolute atomic E-state index is 0. The van der Waals surface area contributed by atoms with Crippen molar-refractivity contribution in [1.82, 2.24) is 0 Å². The Hall–Kier alpha value is 0.0888. The maximum absolute atomic E-state index is 6.71. The van der Waals surface area contributed by atoms with Crippen molar-refractivity contribution in [3.63, 3.8) is 0 Å². The summed E-state index contributed by atoms with van der Waals surface area (Å²) in [5.74, 6) is 0. The number of hydrogen-bond donors (Lipinski definition) is 0. The average Bonchev–Trinajstić information content (AvgIpc) is 2.12. The molecule has 0 aromatic heterocycles. The number of rotatable bonds is 6. The minimum Gasteiger partial charge on any atom is -0.677 e. The largest absolute Gasteiger partial charge is 2.00 e. The van der Waals surface area contributed by atoms with E-state index < -0.39 is 0 Å². The number of nitrogens with one attached hydrogen (secondary N) is 2. The van der Waals surface area contributed by atoms with Crippen LogP contribution in [-0.4, -0.2) is 23.2 Å². The zero-order valence-corrected chi connectivity index (χ0v) is 9.36. The molecule has 0 rings (SSSR count). The second-order valence-electron chi connectivity index (χ2n) is 2.91. The smallest absolute Gasteiger partial charge is 0.677 e. The van der Waals surface area contributed by atoms with E-state index in [2.05, 4.69) is 13.8 Å². The molecule has 0 atom stereocenters. The monoisotopic (exact) mass is 181 g/mol. The molecule has 0 fully saturated rings. The quantitative estimate of drug-likeness (QED) is 0.438. The molecule has 2 N–H and O–H groups in total. The van der Waals surface area contributed by atoms with Crippen LogP contribution in [0.25, 0.3) is 11.5 Å². The molecule has 0 aromatic rings. The van der Waals surface area contributed by atoms with Crippen LogP contribution in [0.5, 0.6) is 0 Å². The van der Waals surface area contributed by atoms with E-state index in [1.165, 1.54) is 25.7 Å². The fourth-order valence-corrected chi connectivity index (χ4v) is 0.750. The molecule has 0 unspecified atom stereocenters. The van der Waals surface area contributed by atoms with E-state index in [-0.39, 0.29) is 10.1 Å². The summed E-state index contributed by atoms with van der Waals surface area (Å²) in [6.07, 6.45) is 7.08. The Labute approximate surface area is 87.7 Å². The predicted octanol–water partition coefficient (Wildman–Crippen LogP) is 4.08. The van der Waals surface area contributed by atoms with Crippen LogP contribution < -0.4 is 0 Å². The van der Waals surface area contributed by atoms with Gasteiger partial charge in [-0.2, -0.15) is 13.1 Å². The normalized spacial score (nSPS) is 8.31. The summed E-state index contributed by atoms with van der Waals surface area (Å²) in [7, 11) is 0. The van der Waals surface area contributed by atoms with Gasteiger partial charge in [0.05, 0.1) is 0 Å². The average molecular weight is 181 g/mol. The van der Waals surface area contributed by atoms with Crippen LogP contribution >= 0.6 is 0 Å². The van der Waals surface area contributed by atoms with E-state index in [9.17, 15) is 0 Å². The molecule has 0 saturated heterocycles. The Balaban J connectivity index is -0.000000143. The van der Waals surface area contributed by atoms with Crippen LogP contribution in [0.3, 0.4) is 0 Å². The van der Waals surface area contributed by atoms with Crippen molar-refractivity contribution >= 4 is 10.1 Å². The van der Waals surface area contributed by atoms with Gasteiger partial charge in [-0.1, -0.05) is 52.4 Å². The van der Waals surface area contributed by atoms with Crippen molar-refractivity contribution in [2.45, 2.75) is 52.4 Å². The predicted molar refractivity (Wildman–Crippen MR) is 63.2 cm³/mol. The molecule has 0 amide bonds. The molecule has 0 aliphatic carbocycles. The molecule has 2 nitrogen and oxygen atoms in total. The van der Waals surface area contributed by atoms with Gasteiger partial charge in [0, 0.05) is 0 Å². The van der Waals surface area contributed by atoms with Gasteiger partial charge in [0.2, 0.25) is 0 Å². The van der Waals surface area contributed by atoms with Crippen molar-refractivity contribution in [2.75, 3.05) is 13.1 Å². The van der Waals surface area contributed by atoms with E-state index in [4.69, 9.17) is 11.5 Å². The Bertz CT molecular complexity index is 44.9. The van der Waals surface area contributed by atoms with Gasteiger partial charge in [-0.3, -0.25) is 0 Å². The van der Waals surface area contributed by atoms with Gasteiger partial charge in [0.1, 0.15) is 0 Å². The second-order valence-corrected chi connectivity index (χ2v) is 2.91. The number of hydrogen-bond acceptors (Lipinski definition) is 0. The minimum atomic E-state index is 0. The van der Waals surface area contributed by atoms with Gasteiger partial charge >= 0.3 is 10.1 Å². The summed E-state index contributed by atoms with van der Waals surface area (Å²) in [5, 5.41) is 0. The Morgan fingerprint density at radius 3 is 1.08 bits per heavy atom. The fourth-order valence-electron chi connectivity index (χ4n) is 0.750. The molecule has 0 heterocycles. The van der Waals surface area contributed by atoms with E-state index in [1.54, 1.807) is 0 Å². The van der Waals surface area contributed by atoms with Gasteiger partial charge in [-0.05, 0) is 0 Å². The molecule has 3 heteroatoms. The zero-order valence-electron chi connectivity index (χ0n) is 9.36. The summed E-state index contributed by atoms with van der Waals surface area (Å²) in [5.41, 5.74) is 13.4. The number of unbranched alkanes of at least 4 members (excludes halogenated alkanes) is 4. The second kappa shape index (κ2) is 22.7. The maximum Gasteiger partial charge on any atom is 2.00 e. The Morgan fingerprint density at radius 1 is 0.692 bits per heavy atom. The molecule has 0 spiro atoms. The van der Waals surface area contributed by atoms with Crippen LogP contribution in [0.2, 0.25) is 0 Å². The third-order valence-corrected chi connectivity index (χ3v) is 1.56. The topological polar surface area (TPSA) is 47.6 Å². The SMILES string of the molecule is CCCCC[NH-].CCCCC[NH-].[Be+2]. The van der Waals surface area contributed by atoms with Crippen molar-refractivity contribution in [3.8, 4) is 0 Å². The molecule has 0 aliphatic heterocycles. The molecule has 0 radical (unpaired) electrons. The van der Waals surface area contributed by atoms with E-state index in [1.807, 2.05) is 0 Å². The molecule has 0 bridgehead atoms. The van der Waals surface area contributed by atoms with Crippen LogP contribution in [0.4, 0.5) is 0 Å². The molecule has 0 aromatic carbocycles. The first-order valence-corrected chi connectivity index (χ1v) is 5.12. The van der Waals surface area contributed by atoms with Gasteiger partial charge in [-0.15, -0.1) is 0 Å². The Kier molecular flexibility index (Phi) is 32.8. The molecular formula is C10H24BeN2. The first kappa shape index (κ1) is 18.8. The van der Waals surface area contributed by atoms with E-state index in [0.29, 0.717) is 13.1 Å². The van der Waals surface area contributed by atoms with Crippen LogP contribution in [0.15, 0.2) is 0 Å². The third kappa shape index (κ3) is 33.2. The van der Waals surface area contributed by atoms with E-state index in [0.717, 1.165) is 12.8 Å². The molecule has 13 heavy (non-hydrogen) atoms. The molecular weight excluding hydrogens is 157 g/mol. The van der Waals surface area contributed by atoms with Crippen LogP contribution in [0, 0.1) is 0 Å². The summed E-state index contributed by atoms with van der Waals surface area (Å²) >= 11 is 0. The first-order chi connectivity index (χ1) is 5.83. The van der Waals surface area contributed by atoms with Crippen LogP contribution in [-0.2, 0) is 0 Å². The van der Waals surface area contributed by atoms with Crippen molar-refractivity contribution in [1.29, 1.82) is 0 Å². The molecule has 0 aliphatic rings. The third-order valence-electron chi connectivity index (χ3n) is 1.56. The van der Waals surface area contributed by atoms with Gasteiger partial charge in [0.15, 0.2) is 0 Å². The first-order valence-electron chi connectivity index (χ1n) is 5.12. The summed E-state index contributed by atoms with van der Waals surface area (Å²) in [4.78, 5) is 0. The maximum atomic E-state index is 6.71. The summed E-state index contributed by atoms with van der Waals surface area (Å²) in [6, 6.07) is 0. The van der Waals surface area contributed by atoms with Gasteiger partial charge in [-0.25, -0.2) is 0 Å². The van der Waals surface area contributed by atoms with Crippen LogP contribution in [0.1, 0.15) is 52.4 Å². The fraction of sp³-hybridized carbons (Fsp3) is 1.00. The molecule has 76 valence electrons. The van der Waals surface area contributed by atoms with Crippen molar-refractivity contribution in [3.05, 3.63) is 11.5 Å². The van der Waals surface area contributed by atoms with Crippen molar-refractivity contribution < 1.29 is 0 Å². The van der Waals surface area contributed by atoms with Gasteiger partial charge in [0.25, 0.3) is 0 Å². The van der Waals surface area contributed by atoms with E-state index >= 15 is 0 Å². The summed E-state index contributed by atoms with van der Waals surface area (Å²) in [6.45, 7) is 5.51.